The Kier molecular flexibility index (Phi) is 3.07. The number of hydrogen-bond donors (Lipinski definition) is 0. The molecular formula is C18H13FO. The van der Waals surface area contributed by atoms with Crippen LogP contribution < -0.4 is 0 Å². The third kappa shape index (κ3) is 2.21. The molecule has 0 atom stereocenters. The minimum atomic E-state index is -0.478. The zero-order valence-corrected chi connectivity index (χ0v) is 11.1. The molecule has 20 heavy (non-hydrogen) atoms. The summed E-state index contributed by atoms with van der Waals surface area (Å²) in [5, 5.41) is 2.04. The molecule has 0 aliphatic rings. The number of benzene rings is 3. The van der Waals surface area contributed by atoms with E-state index in [1.807, 2.05) is 37.3 Å². The van der Waals surface area contributed by atoms with Crippen molar-refractivity contribution in [3.05, 3.63) is 83.2 Å². The molecule has 3 rings (SSSR count). The van der Waals surface area contributed by atoms with Gasteiger partial charge in [0.05, 0.1) is 5.56 Å². The molecule has 0 saturated heterocycles. The molecule has 0 aromatic heterocycles. The van der Waals surface area contributed by atoms with Gasteiger partial charge < -0.3 is 0 Å². The number of rotatable bonds is 2. The second kappa shape index (κ2) is 4.89. The van der Waals surface area contributed by atoms with Gasteiger partial charge in [0.25, 0.3) is 0 Å². The first-order valence-electron chi connectivity index (χ1n) is 6.45. The Labute approximate surface area is 116 Å². The molecular weight excluding hydrogens is 251 g/mol. The number of fused-ring (bicyclic) bond motifs is 1. The van der Waals surface area contributed by atoms with E-state index in [9.17, 15) is 9.18 Å². The van der Waals surface area contributed by atoms with Crippen LogP contribution in [0.15, 0.2) is 60.7 Å². The van der Waals surface area contributed by atoms with Crippen molar-refractivity contribution in [2.24, 2.45) is 0 Å². The fourth-order valence-corrected chi connectivity index (χ4v) is 2.30. The van der Waals surface area contributed by atoms with Crippen LogP contribution in [0.5, 0.6) is 0 Å². The van der Waals surface area contributed by atoms with Gasteiger partial charge in [0.1, 0.15) is 5.82 Å². The Bertz CT molecular complexity index is 805. The van der Waals surface area contributed by atoms with Gasteiger partial charge in [-0.3, -0.25) is 4.79 Å². The van der Waals surface area contributed by atoms with Crippen LogP contribution in [0.1, 0.15) is 21.5 Å². The Balaban J connectivity index is 2.10. The summed E-state index contributed by atoms with van der Waals surface area (Å²) in [4.78, 5) is 12.4. The van der Waals surface area contributed by atoms with E-state index in [4.69, 9.17) is 0 Å². The summed E-state index contributed by atoms with van der Waals surface area (Å²) in [5.74, 6) is -0.759. The van der Waals surface area contributed by atoms with Crippen LogP contribution in [0.2, 0.25) is 0 Å². The normalized spacial score (nSPS) is 10.7. The molecule has 0 unspecified atom stereocenters. The van der Waals surface area contributed by atoms with Crippen LogP contribution in [-0.4, -0.2) is 5.78 Å². The fraction of sp³-hybridized carbons (Fsp3) is 0.0556. The minimum Gasteiger partial charge on any atom is -0.288 e. The highest BCUT2D eigenvalue weighted by molar-refractivity contribution is 6.10. The minimum absolute atomic E-state index is 0.125. The van der Waals surface area contributed by atoms with E-state index in [0.717, 1.165) is 16.3 Å². The van der Waals surface area contributed by atoms with Crippen molar-refractivity contribution in [1.29, 1.82) is 0 Å². The highest BCUT2D eigenvalue weighted by atomic mass is 19.1. The first-order chi connectivity index (χ1) is 9.65. The maximum atomic E-state index is 13.8. The molecule has 0 bridgehead atoms. The molecule has 0 saturated carbocycles. The van der Waals surface area contributed by atoms with Crippen molar-refractivity contribution in [1.82, 2.24) is 0 Å². The molecule has 0 aliphatic heterocycles. The van der Waals surface area contributed by atoms with E-state index in [2.05, 4.69) is 0 Å². The standard InChI is InChI=1S/C18H13FO/c1-12-6-9-17(19)16(10-12)18(20)15-8-7-13-4-2-3-5-14(13)11-15/h2-11H,1H3. The van der Waals surface area contributed by atoms with E-state index in [1.165, 1.54) is 6.07 Å². The van der Waals surface area contributed by atoms with E-state index in [0.29, 0.717) is 5.56 Å². The molecule has 0 radical (unpaired) electrons. The van der Waals surface area contributed by atoms with Crippen LogP contribution in [0.4, 0.5) is 4.39 Å². The largest absolute Gasteiger partial charge is 0.288 e. The number of carbonyl (C=O) groups excluding carboxylic acids is 1. The van der Waals surface area contributed by atoms with Crippen LogP contribution in [0.25, 0.3) is 10.8 Å². The first-order valence-corrected chi connectivity index (χ1v) is 6.45. The molecule has 0 spiro atoms. The SMILES string of the molecule is Cc1ccc(F)c(C(=O)c2ccc3ccccc3c2)c1. The number of ketones is 1. The number of hydrogen-bond acceptors (Lipinski definition) is 1. The molecule has 3 aromatic rings. The van der Waals surface area contributed by atoms with Crippen molar-refractivity contribution in [2.45, 2.75) is 6.92 Å². The highest BCUT2D eigenvalue weighted by Crippen LogP contribution is 2.20. The molecule has 0 N–H and O–H groups in total. The molecule has 98 valence electrons. The molecule has 0 amide bonds. The molecule has 0 fully saturated rings. The van der Waals surface area contributed by atoms with Crippen molar-refractivity contribution < 1.29 is 9.18 Å². The van der Waals surface area contributed by atoms with Gasteiger partial charge in [-0.25, -0.2) is 4.39 Å². The third-order valence-corrected chi connectivity index (χ3v) is 3.38. The summed E-state index contributed by atoms with van der Waals surface area (Å²) in [6.07, 6.45) is 0. The van der Waals surface area contributed by atoms with E-state index in [1.54, 1.807) is 24.3 Å². The Morgan fingerprint density at radius 2 is 1.65 bits per heavy atom. The average Bonchev–Trinajstić information content (AvgIpc) is 2.48. The van der Waals surface area contributed by atoms with Crippen LogP contribution in [0.3, 0.4) is 0 Å². The molecule has 0 aliphatic carbocycles. The predicted octanol–water partition coefficient (Wildman–Crippen LogP) is 4.52. The second-order valence-electron chi connectivity index (χ2n) is 4.87. The van der Waals surface area contributed by atoms with Crippen molar-refractivity contribution in [2.75, 3.05) is 0 Å². The van der Waals surface area contributed by atoms with Gasteiger partial charge in [0, 0.05) is 5.56 Å². The zero-order valence-electron chi connectivity index (χ0n) is 11.1. The topological polar surface area (TPSA) is 17.1 Å². The van der Waals surface area contributed by atoms with Gasteiger partial charge in [0.15, 0.2) is 5.78 Å². The van der Waals surface area contributed by atoms with Crippen LogP contribution in [0, 0.1) is 12.7 Å². The highest BCUT2D eigenvalue weighted by Gasteiger charge is 2.14. The fourth-order valence-electron chi connectivity index (χ4n) is 2.30. The summed E-state index contributed by atoms with van der Waals surface area (Å²) in [6.45, 7) is 1.84. The van der Waals surface area contributed by atoms with Crippen LogP contribution in [-0.2, 0) is 0 Å². The molecule has 0 heterocycles. The smallest absolute Gasteiger partial charge is 0.195 e. The van der Waals surface area contributed by atoms with Crippen molar-refractivity contribution in [3.8, 4) is 0 Å². The number of carbonyl (C=O) groups is 1. The van der Waals surface area contributed by atoms with Gasteiger partial charge in [-0.15, -0.1) is 0 Å². The lowest BCUT2D eigenvalue weighted by Gasteiger charge is -2.05. The Morgan fingerprint density at radius 3 is 2.45 bits per heavy atom. The van der Waals surface area contributed by atoms with Gasteiger partial charge >= 0.3 is 0 Å². The molecule has 1 nitrogen and oxygen atoms in total. The second-order valence-corrected chi connectivity index (χ2v) is 4.87. The summed E-state index contributed by atoms with van der Waals surface area (Å²) in [6, 6.07) is 17.8. The van der Waals surface area contributed by atoms with E-state index >= 15 is 0 Å². The maximum absolute atomic E-state index is 13.8. The van der Waals surface area contributed by atoms with Gasteiger partial charge in [-0.2, -0.15) is 0 Å². The van der Waals surface area contributed by atoms with Gasteiger partial charge in [0.2, 0.25) is 0 Å². The average molecular weight is 264 g/mol. The summed E-state index contributed by atoms with van der Waals surface area (Å²) < 4.78 is 13.8. The lowest BCUT2D eigenvalue weighted by molar-refractivity contribution is 0.103. The third-order valence-electron chi connectivity index (χ3n) is 3.38. The van der Waals surface area contributed by atoms with Crippen molar-refractivity contribution >= 4 is 16.6 Å². The van der Waals surface area contributed by atoms with Crippen LogP contribution >= 0.6 is 0 Å². The van der Waals surface area contributed by atoms with Crippen molar-refractivity contribution in [3.63, 3.8) is 0 Å². The first kappa shape index (κ1) is 12.5. The summed E-state index contributed by atoms with van der Waals surface area (Å²) >= 11 is 0. The predicted molar refractivity (Wildman–Crippen MR) is 78.5 cm³/mol. The number of halogens is 1. The Morgan fingerprint density at radius 1 is 0.900 bits per heavy atom. The van der Waals surface area contributed by atoms with E-state index in [-0.39, 0.29) is 11.3 Å². The summed E-state index contributed by atoms with van der Waals surface area (Å²) in [7, 11) is 0. The molecule has 2 heteroatoms. The quantitative estimate of drug-likeness (QED) is 0.622. The van der Waals surface area contributed by atoms with Gasteiger partial charge in [-0.1, -0.05) is 48.0 Å². The zero-order chi connectivity index (χ0) is 14.1. The lowest BCUT2D eigenvalue weighted by Crippen LogP contribution is -2.04. The number of aryl methyl sites for hydroxylation is 1. The maximum Gasteiger partial charge on any atom is 0.195 e. The van der Waals surface area contributed by atoms with Gasteiger partial charge in [-0.05, 0) is 35.9 Å². The lowest BCUT2D eigenvalue weighted by atomic mass is 9.98. The molecule has 3 aromatic carbocycles. The summed E-state index contributed by atoms with van der Waals surface area (Å²) in [5.41, 5.74) is 1.50. The van der Waals surface area contributed by atoms with E-state index < -0.39 is 5.82 Å². The monoisotopic (exact) mass is 264 g/mol. The Hall–Kier alpha value is -2.48.